The van der Waals surface area contributed by atoms with Crippen LogP contribution < -0.4 is 15.4 Å². The van der Waals surface area contributed by atoms with Crippen molar-refractivity contribution in [1.82, 2.24) is 0 Å². The number of hydrogen-bond acceptors (Lipinski definition) is 4. The van der Waals surface area contributed by atoms with Gasteiger partial charge < -0.3 is 19.8 Å². The number of likely N-dealkylation sites (N-methyl/N-ethyl adjacent to an activating group) is 1. The van der Waals surface area contributed by atoms with Crippen molar-refractivity contribution in [2.45, 2.75) is 6.04 Å². The zero-order valence-corrected chi connectivity index (χ0v) is 12.6. The number of nitrogens with zero attached hydrogens (tertiary/aromatic N) is 1. The SMILES string of the molecule is COc1ccc(N(C)C(CN)c2occc2Br)cc1. The molecule has 1 aromatic heterocycles. The first-order chi connectivity index (χ1) is 9.17. The standard InChI is InChI=1S/C14H17BrN2O2/c1-17(10-3-5-11(18-2)6-4-10)13(9-16)14-12(15)7-8-19-14/h3-8,13H,9,16H2,1-2H3. The van der Waals surface area contributed by atoms with Gasteiger partial charge in [-0.1, -0.05) is 0 Å². The average Bonchev–Trinajstić information content (AvgIpc) is 2.86. The fraction of sp³-hybridized carbons (Fsp3) is 0.286. The molecule has 0 aliphatic carbocycles. The maximum Gasteiger partial charge on any atom is 0.141 e. The minimum atomic E-state index is -0.0160. The number of nitrogens with two attached hydrogens (primary N) is 1. The highest BCUT2D eigenvalue weighted by Crippen LogP contribution is 2.31. The lowest BCUT2D eigenvalue weighted by Gasteiger charge is -2.28. The van der Waals surface area contributed by atoms with Crippen molar-refractivity contribution in [3.05, 3.63) is 46.8 Å². The quantitative estimate of drug-likeness (QED) is 0.917. The van der Waals surface area contributed by atoms with Gasteiger partial charge in [-0.15, -0.1) is 0 Å². The van der Waals surface area contributed by atoms with Gasteiger partial charge in [-0.2, -0.15) is 0 Å². The number of rotatable bonds is 5. The molecule has 0 radical (unpaired) electrons. The Kier molecular flexibility index (Phi) is 4.50. The Morgan fingerprint density at radius 2 is 2.00 bits per heavy atom. The summed E-state index contributed by atoms with van der Waals surface area (Å²) in [6.45, 7) is 0.467. The maximum absolute atomic E-state index is 5.88. The van der Waals surface area contributed by atoms with Crippen LogP contribution in [0.5, 0.6) is 5.75 Å². The predicted molar refractivity (Wildman–Crippen MR) is 79.6 cm³/mol. The number of halogens is 1. The third-order valence-electron chi connectivity index (χ3n) is 3.12. The molecule has 0 bridgehead atoms. The zero-order valence-electron chi connectivity index (χ0n) is 11.0. The molecule has 0 amide bonds. The highest BCUT2D eigenvalue weighted by atomic mass is 79.9. The van der Waals surface area contributed by atoms with Gasteiger partial charge in [-0.3, -0.25) is 0 Å². The van der Waals surface area contributed by atoms with Gasteiger partial charge in [0, 0.05) is 19.3 Å². The van der Waals surface area contributed by atoms with Crippen LogP contribution in [0, 0.1) is 0 Å². The van der Waals surface area contributed by atoms with E-state index < -0.39 is 0 Å². The lowest BCUT2D eigenvalue weighted by Crippen LogP contribution is -2.30. The fourth-order valence-electron chi connectivity index (χ4n) is 1.98. The van der Waals surface area contributed by atoms with Gasteiger partial charge in [0.1, 0.15) is 17.6 Å². The molecule has 2 N–H and O–H groups in total. The summed E-state index contributed by atoms with van der Waals surface area (Å²) in [5.74, 6) is 1.67. The molecule has 2 aromatic rings. The number of furan rings is 1. The van der Waals surface area contributed by atoms with Crippen molar-refractivity contribution in [3.8, 4) is 5.75 Å². The molecule has 0 fully saturated rings. The lowest BCUT2D eigenvalue weighted by atomic mass is 10.1. The lowest BCUT2D eigenvalue weighted by molar-refractivity contribution is 0.414. The maximum atomic E-state index is 5.88. The summed E-state index contributed by atoms with van der Waals surface area (Å²) in [5.41, 5.74) is 6.94. The minimum absolute atomic E-state index is 0.0160. The summed E-state index contributed by atoms with van der Waals surface area (Å²) in [7, 11) is 3.65. The summed E-state index contributed by atoms with van der Waals surface area (Å²) in [5, 5.41) is 0. The molecule has 4 nitrogen and oxygen atoms in total. The van der Waals surface area contributed by atoms with Crippen LogP contribution in [0.4, 0.5) is 5.69 Å². The van der Waals surface area contributed by atoms with Crippen molar-refractivity contribution in [3.63, 3.8) is 0 Å². The second-order valence-electron chi connectivity index (χ2n) is 4.19. The largest absolute Gasteiger partial charge is 0.497 e. The monoisotopic (exact) mass is 324 g/mol. The third-order valence-corrected chi connectivity index (χ3v) is 3.77. The first-order valence-electron chi connectivity index (χ1n) is 5.97. The van der Waals surface area contributed by atoms with Crippen LogP contribution in [-0.4, -0.2) is 20.7 Å². The van der Waals surface area contributed by atoms with E-state index in [9.17, 15) is 0 Å². The first kappa shape index (κ1) is 14.0. The summed E-state index contributed by atoms with van der Waals surface area (Å²) < 4.78 is 11.6. The minimum Gasteiger partial charge on any atom is -0.497 e. The Hall–Kier alpha value is -1.46. The van der Waals surface area contributed by atoms with Crippen LogP contribution in [0.2, 0.25) is 0 Å². The smallest absolute Gasteiger partial charge is 0.141 e. The highest BCUT2D eigenvalue weighted by Gasteiger charge is 2.21. The van der Waals surface area contributed by atoms with E-state index in [1.807, 2.05) is 37.4 Å². The van der Waals surface area contributed by atoms with E-state index in [0.717, 1.165) is 21.7 Å². The molecule has 102 valence electrons. The zero-order chi connectivity index (χ0) is 13.8. The summed E-state index contributed by atoms with van der Waals surface area (Å²) in [6, 6.07) is 9.71. The number of anilines is 1. The number of benzene rings is 1. The molecular weight excluding hydrogens is 308 g/mol. The van der Waals surface area contributed by atoms with Crippen molar-refractivity contribution < 1.29 is 9.15 Å². The van der Waals surface area contributed by atoms with Crippen LogP contribution in [0.3, 0.4) is 0 Å². The molecular formula is C14H17BrN2O2. The first-order valence-corrected chi connectivity index (χ1v) is 6.76. The van der Waals surface area contributed by atoms with E-state index in [4.69, 9.17) is 14.9 Å². The molecule has 0 aliphatic heterocycles. The van der Waals surface area contributed by atoms with Gasteiger partial charge >= 0.3 is 0 Å². The topological polar surface area (TPSA) is 51.6 Å². The molecule has 19 heavy (non-hydrogen) atoms. The molecule has 0 saturated heterocycles. The Labute approximate surface area is 121 Å². The molecule has 0 saturated carbocycles. The second kappa shape index (κ2) is 6.12. The Bertz CT molecular complexity index is 524. The summed E-state index contributed by atoms with van der Waals surface area (Å²) >= 11 is 3.48. The molecule has 2 rings (SSSR count). The van der Waals surface area contributed by atoms with Crippen molar-refractivity contribution >= 4 is 21.6 Å². The van der Waals surface area contributed by atoms with E-state index in [0.29, 0.717) is 6.54 Å². The van der Waals surface area contributed by atoms with Crippen LogP contribution in [-0.2, 0) is 0 Å². The van der Waals surface area contributed by atoms with Crippen molar-refractivity contribution in [2.75, 3.05) is 25.6 Å². The van der Waals surface area contributed by atoms with Crippen LogP contribution in [0.25, 0.3) is 0 Å². The molecule has 0 aliphatic rings. The van der Waals surface area contributed by atoms with Crippen LogP contribution in [0.15, 0.2) is 45.5 Å². The molecule has 1 heterocycles. The fourth-order valence-corrected chi connectivity index (χ4v) is 2.45. The molecule has 1 atom stereocenters. The van der Waals surface area contributed by atoms with Crippen molar-refractivity contribution in [2.24, 2.45) is 5.73 Å². The molecule has 1 unspecified atom stereocenters. The average molecular weight is 325 g/mol. The normalized spacial score (nSPS) is 12.2. The van der Waals surface area contributed by atoms with Gasteiger partial charge in [-0.25, -0.2) is 0 Å². The summed E-state index contributed by atoms with van der Waals surface area (Å²) in [6.07, 6.45) is 1.66. The molecule has 5 heteroatoms. The van der Waals surface area contributed by atoms with E-state index >= 15 is 0 Å². The van der Waals surface area contributed by atoms with Crippen molar-refractivity contribution in [1.29, 1.82) is 0 Å². The van der Waals surface area contributed by atoms with E-state index in [2.05, 4.69) is 20.8 Å². The van der Waals surface area contributed by atoms with E-state index in [1.54, 1.807) is 13.4 Å². The third kappa shape index (κ3) is 2.93. The van der Waals surface area contributed by atoms with Crippen LogP contribution >= 0.6 is 15.9 Å². The number of methoxy groups -OCH3 is 1. The Balaban J connectivity index is 2.25. The Morgan fingerprint density at radius 3 is 2.47 bits per heavy atom. The van der Waals surface area contributed by atoms with Gasteiger partial charge in [0.15, 0.2) is 0 Å². The van der Waals surface area contributed by atoms with Gasteiger partial charge in [0.05, 0.1) is 17.8 Å². The van der Waals surface area contributed by atoms with E-state index in [1.165, 1.54) is 0 Å². The predicted octanol–water partition coefficient (Wildman–Crippen LogP) is 3.19. The second-order valence-corrected chi connectivity index (χ2v) is 5.05. The highest BCUT2D eigenvalue weighted by molar-refractivity contribution is 9.10. The van der Waals surface area contributed by atoms with Gasteiger partial charge in [0.25, 0.3) is 0 Å². The van der Waals surface area contributed by atoms with Gasteiger partial charge in [0.2, 0.25) is 0 Å². The molecule has 0 spiro atoms. The van der Waals surface area contributed by atoms with Crippen LogP contribution in [0.1, 0.15) is 11.8 Å². The Morgan fingerprint density at radius 1 is 1.32 bits per heavy atom. The van der Waals surface area contributed by atoms with E-state index in [-0.39, 0.29) is 6.04 Å². The number of ether oxygens (including phenoxy) is 1. The molecule has 1 aromatic carbocycles. The number of hydrogen-bond donors (Lipinski definition) is 1. The summed E-state index contributed by atoms with van der Waals surface area (Å²) in [4.78, 5) is 2.09. The van der Waals surface area contributed by atoms with Gasteiger partial charge in [-0.05, 0) is 46.3 Å².